The van der Waals surface area contributed by atoms with E-state index in [1.165, 1.54) is 6.92 Å². The number of ether oxygens (including phenoxy) is 4. The maximum atomic E-state index is 10.8. The standard InChI is InChI=1S/C19H37N3O10/c1-3-8-11(25)14(28)19(29-8)32-17-10(24)6(20)4-7(21)16(17)31-18-9(22)12(26)13(27)15(30-18)5(2)23/h5-19,23-28H,3-4,20-22H2,1-2H3/p+1. The minimum Gasteiger partial charge on any atom is -0.391 e. The lowest BCUT2D eigenvalue weighted by molar-refractivity contribution is -0.458. The highest BCUT2D eigenvalue weighted by Crippen LogP contribution is 2.32. The third-order valence-electron chi connectivity index (χ3n) is 6.61. The first-order chi connectivity index (χ1) is 15.0. The van der Waals surface area contributed by atoms with Crippen molar-refractivity contribution in [1.29, 1.82) is 0 Å². The lowest BCUT2D eigenvalue weighted by Gasteiger charge is -2.47. The fourth-order valence-electron chi connectivity index (χ4n) is 4.57. The molecule has 2 saturated heterocycles. The summed E-state index contributed by atoms with van der Waals surface area (Å²) in [6, 6.07) is -2.39. The van der Waals surface area contributed by atoms with Crippen LogP contribution in [0.4, 0.5) is 0 Å². The summed E-state index contributed by atoms with van der Waals surface area (Å²) in [5, 5.41) is 61.5. The molecule has 13 heteroatoms. The number of aliphatic hydroxyl groups excluding tert-OH is 6. The summed E-state index contributed by atoms with van der Waals surface area (Å²) in [6.45, 7) is 3.17. The third kappa shape index (κ3) is 4.95. The number of hydrogen-bond donors (Lipinski definition) is 9. The molecule has 3 rings (SSSR count). The Balaban J connectivity index is 1.79. The van der Waals surface area contributed by atoms with E-state index in [2.05, 4.69) is 5.73 Å². The van der Waals surface area contributed by atoms with Gasteiger partial charge in [0.25, 0.3) is 0 Å². The Kier molecular flexibility index (Phi) is 8.48. The molecule has 13 N–H and O–H groups in total. The summed E-state index contributed by atoms with van der Waals surface area (Å²) in [7, 11) is 0. The quantitative estimate of drug-likeness (QED) is 0.177. The Hall–Kier alpha value is -0.520. The molecule has 0 radical (unpaired) electrons. The second kappa shape index (κ2) is 10.4. The number of aliphatic hydroxyl groups is 6. The van der Waals surface area contributed by atoms with Crippen molar-refractivity contribution in [3.63, 3.8) is 0 Å². The summed E-state index contributed by atoms with van der Waals surface area (Å²) in [5.74, 6) is 0. The van der Waals surface area contributed by atoms with Crippen molar-refractivity contribution in [2.45, 2.75) is 118 Å². The lowest BCUT2D eigenvalue weighted by atomic mass is 9.84. The second-order valence-electron chi connectivity index (χ2n) is 9.05. The first-order valence-electron chi connectivity index (χ1n) is 11.0. The smallest absolute Gasteiger partial charge is 0.187 e. The van der Waals surface area contributed by atoms with Crippen LogP contribution < -0.4 is 17.2 Å². The minimum atomic E-state index is -1.45. The summed E-state index contributed by atoms with van der Waals surface area (Å²) in [5.41, 5.74) is 16.1. The van der Waals surface area contributed by atoms with Gasteiger partial charge in [0, 0.05) is 12.5 Å². The average molecular weight is 469 g/mol. The van der Waals surface area contributed by atoms with Crippen LogP contribution in [0.1, 0.15) is 26.7 Å². The van der Waals surface area contributed by atoms with Crippen molar-refractivity contribution >= 4 is 0 Å². The molecule has 0 spiro atoms. The molecule has 0 aromatic rings. The normalized spacial score (nSPS) is 53.3. The molecule has 13 nitrogen and oxygen atoms in total. The Bertz CT molecular complexity index is 618. The van der Waals surface area contributed by atoms with Crippen LogP contribution in [-0.2, 0) is 18.9 Å². The SMILES string of the molecule is CCC1OC(OC2C(O)C([NH3+])CC(N)C2OC2OC(C(C)O)C(O)C(O)C2N)C(O)C1O. The number of rotatable bonds is 6. The number of hydrogen-bond acceptors (Lipinski definition) is 12. The number of nitrogens with two attached hydrogens (primary N) is 2. The molecule has 2 aliphatic heterocycles. The van der Waals surface area contributed by atoms with Gasteiger partial charge in [-0.1, -0.05) is 6.92 Å². The third-order valence-corrected chi connectivity index (χ3v) is 6.61. The predicted molar refractivity (Wildman–Crippen MR) is 106 cm³/mol. The van der Waals surface area contributed by atoms with Crippen molar-refractivity contribution in [3.8, 4) is 0 Å². The van der Waals surface area contributed by atoms with Gasteiger partial charge in [0.15, 0.2) is 12.6 Å². The van der Waals surface area contributed by atoms with Crippen molar-refractivity contribution in [2.24, 2.45) is 11.5 Å². The zero-order chi connectivity index (χ0) is 23.9. The van der Waals surface area contributed by atoms with Crippen LogP contribution in [-0.4, -0.2) is 122 Å². The molecule has 0 amide bonds. The van der Waals surface area contributed by atoms with Crippen molar-refractivity contribution in [2.75, 3.05) is 0 Å². The molecule has 1 aliphatic carbocycles. The van der Waals surface area contributed by atoms with Crippen LogP contribution in [0, 0.1) is 0 Å². The second-order valence-corrected chi connectivity index (χ2v) is 9.05. The van der Waals surface area contributed by atoms with Crippen molar-refractivity contribution in [3.05, 3.63) is 0 Å². The molecule has 3 fully saturated rings. The topological polar surface area (TPSA) is 238 Å². The molecule has 2 heterocycles. The summed E-state index contributed by atoms with van der Waals surface area (Å²) >= 11 is 0. The van der Waals surface area contributed by atoms with Gasteiger partial charge in [-0.25, -0.2) is 0 Å². The predicted octanol–water partition coefficient (Wildman–Crippen LogP) is -5.53. The van der Waals surface area contributed by atoms with Crippen molar-refractivity contribution < 1.29 is 55.3 Å². The van der Waals surface area contributed by atoms with Gasteiger partial charge in [0.05, 0.1) is 18.2 Å². The highest BCUT2D eigenvalue weighted by Gasteiger charge is 2.53. The Morgan fingerprint density at radius 2 is 1.53 bits per heavy atom. The zero-order valence-electron chi connectivity index (χ0n) is 18.3. The molecule has 32 heavy (non-hydrogen) atoms. The molecular formula is C19H38N3O10+. The van der Waals surface area contributed by atoms with Crippen LogP contribution in [0.3, 0.4) is 0 Å². The molecule has 3 aliphatic rings. The van der Waals surface area contributed by atoms with E-state index >= 15 is 0 Å². The van der Waals surface area contributed by atoms with Gasteiger partial charge in [-0.3, -0.25) is 0 Å². The van der Waals surface area contributed by atoms with Crippen LogP contribution in [0.5, 0.6) is 0 Å². The first-order valence-corrected chi connectivity index (χ1v) is 11.0. The van der Waals surface area contributed by atoms with E-state index in [4.69, 9.17) is 30.4 Å². The van der Waals surface area contributed by atoms with Gasteiger partial charge < -0.3 is 66.8 Å². The van der Waals surface area contributed by atoms with Gasteiger partial charge in [-0.2, -0.15) is 0 Å². The maximum absolute atomic E-state index is 10.8. The van der Waals surface area contributed by atoms with E-state index in [1.807, 2.05) is 0 Å². The van der Waals surface area contributed by atoms with E-state index in [9.17, 15) is 30.6 Å². The van der Waals surface area contributed by atoms with E-state index in [0.717, 1.165) is 0 Å². The van der Waals surface area contributed by atoms with Gasteiger partial charge in [-0.05, 0) is 13.3 Å². The van der Waals surface area contributed by atoms with Gasteiger partial charge in [0.2, 0.25) is 0 Å². The summed E-state index contributed by atoms with van der Waals surface area (Å²) < 4.78 is 23.0. The Labute approximate surface area is 186 Å². The summed E-state index contributed by atoms with van der Waals surface area (Å²) in [6.07, 6.45) is -13.4. The van der Waals surface area contributed by atoms with Gasteiger partial charge in [0.1, 0.15) is 54.9 Å². The van der Waals surface area contributed by atoms with Gasteiger partial charge >= 0.3 is 0 Å². The summed E-state index contributed by atoms with van der Waals surface area (Å²) in [4.78, 5) is 0. The lowest BCUT2D eigenvalue weighted by Crippen LogP contribution is -2.76. The Morgan fingerprint density at radius 3 is 2.09 bits per heavy atom. The number of quaternary nitrogens is 1. The maximum Gasteiger partial charge on any atom is 0.187 e. The largest absolute Gasteiger partial charge is 0.391 e. The van der Waals surface area contributed by atoms with Crippen LogP contribution in [0.15, 0.2) is 0 Å². The zero-order valence-corrected chi connectivity index (χ0v) is 18.3. The molecule has 188 valence electrons. The molecule has 0 aromatic heterocycles. The Morgan fingerprint density at radius 1 is 0.906 bits per heavy atom. The highest BCUT2D eigenvalue weighted by atomic mass is 16.7. The molecule has 1 saturated carbocycles. The van der Waals surface area contributed by atoms with Crippen LogP contribution in [0.2, 0.25) is 0 Å². The van der Waals surface area contributed by atoms with Crippen LogP contribution >= 0.6 is 0 Å². The highest BCUT2D eigenvalue weighted by molar-refractivity contribution is 5.00. The van der Waals surface area contributed by atoms with E-state index < -0.39 is 91.7 Å². The van der Waals surface area contributed by atoms with Crippen molar-refractivity contribution in [1.82, 2.24) is 0 Å². The minimum absolute atomic E-state index is 0.271. The molecular weight excluding hydrogens is 430 g/mol. The average Bonchev–Trinajstić information content (AvgIpc) is 3.01. The van der Waals surface area contributed by atoms with E-state index in [0.29, 0.717) is 6.42 Å². The first kappa shape index (κ1) is 26.1. The van der Waals surface area contributed by atoms with E-state index in [1.54, 1.807) is 6.92 Å². The van der Waals surface area contributed by atoms with Gasteiger partial charge in [-0.15, -0.1) is 0 Å². The van der Waals surface area contributed by atoms with E-state index in [-0.39, 0.29) is 6.42 Å². The fourth-order valence-corrected chi connectivity index (χ4v) is 4.57. The molecule has 0 aromatic carbocycles. The molecule has 15 atom stereocenters. The monoisotopic (exact) mass is 468 g/mol. The fraction of sp³-hybridized carbons (Fsp3) is 1.00. The molecule has 15 unspecified atom stereocenters. The van der Waals surface area contributed by atoms with Crippen LogP contribution in [0.25, 0.3) is 0 Å². The molecule has 0 bridgehead atoms.